The molecule has 0 saturated heterocycles. The van der Waals surface area contributed by atoms with E-state index in [1.54, 1.807) is 29.6 Å². The molecule has 6 nitrogen and oxygen atoms in total. The Balaban J connectivity index is 1.75. The number of carbonyl (C=O) groups excluding carboxylic acids is 2. The second-order valence-electron chi connectivity index (χ2n) is 6.47. The van der Waals surface area contributed by atoms with Gasteiger partial charge in [-0.05, 0) is 37.1 Å². The Labute approximate surface area is 167 Å². The second-order valence-corrected chi connectivity index (χ2v) is 7.85. The summed E-state index contributed by atoms with van der Waals surface area (Å²) in [6.45, 7) is 0.367. The predicted octanol–water partition coefficient (Wildman–Crippen LogP) is 4.95. The maximum atomic E-state index is 13.0. The SMILES string of the molecule is COC(=O)c1csc(CN(C(=O)Nc2ccc(Cl)cc2)C2CCCCC2)n1. The van der Waals surface area contributed by atoms with E-state index in [9.17, 15) is 9.59 Å². The number of ether oxygens (including phenoxy) is 1. The molecule has 0 spiro atoms. The zero-order valence-electron chi connectivity index (χ0n) is 15.1. The van der Waals surface area contributed by atoms with Crippen LogP contribution < -0.4 is 5.32 Å². The molecule has 1 aromatic heterocycles. The minimum atomic E-state index is -0.465. The van der Waals surface area contributed by atoms with E-state index in [-0.39, 0.29) is 17.8 Å². The first kappa shape index (κ1) is 19.6. The first-order valence-corrected chi connectivity index (χ1v) is 10.2. The standard InChI is InChI=1S/C19H22ClN3O3S/c1-26-18(24)16-12-27-17(22-16)11-23(15-5-3-2-4-6-15)19(25)21-14-9-7-13(20)8-10-14/h7-10,12,15H,2-6,11H2,1H3,(H,21,25). The lowest BCUT2D eigenvalue weighted by molar-refractivity contribution is 0.0594. The quantitative estimate of drug-likeness (QED) is 0.712. The predicted molar refractivity (Wildman–Crippen MR) is 106 cm³/mol. The molecule has 2 aromatic rings. The van der Waals surface area contributed by atoms with E-state index in [0.717, 1.165) is 25.7 Å². The first-order chi connectivity index (χ1) is 13.1. The number of anilines is 1. The molecule has 0 atom stereocenters. The van der Waals surface area contributed by atoms with Crippen molar-refractivity contribution in [2.45, 2.75) is 44.7 Å². The summed E-state index contributed by atoms with van der Waals surface area (Å²) in [7, 11) is 1.33. The van der Waals surface area contributed by atoms with Gasteiger partial charge in [0.1, 0.15) is 5.01 Å². The smallest absolute Gasteiger partial charge is 0.357 e. The molecule has 1 aliphatic rings. The van der Waals surface area contributed by atoms with Crippen molar-refractivity contribution in [3.05, 3.63) is 45.4 Å². The molecule has 2 amide bonds. The van der Waals surface area contributed by atoms with E-state index < -0.39 is 5.97 Å². The molecule has 144 valence electrons. The lowest BCUT2D eigenvalue weighted by atomic mass is 9.94. The number of nitrogens with zero attached hydrogens (tertiary/aromatic N) is 2. The van der Waals surface area contributed by atoms with Crippen LogP contribution in [-0.4, -0.2) is 35.0 Å². The van der Waals surface area contributed by atoms with Crippen LogP contribution in [0.4, 0.5) is 10.5 Å². The molecular weight excluding hydrogens is 386 g/mol. The van der Waals surface area contributed by atoms with Gasteiger partial charge in [-0.25, -0.2) is 14.6 Å². The second kappa shape index (κ2) is 9.19. The van der Waals surface area contributed by atoms with Crippen molar-refractivity contribution < 1.29 is 14.3 Å². The van der Waals surface area contributed by atoms with Crippen molar-refractivity contribution in [2.24, 2.45) is 0 Å². The van der Waals surface area contributed by atoms with Crippen molar-refractivity contribution in [3.63, 3.8) is 0 Å². The molecule has 0 aliphatic heterocycles. The van der Waals surface area contributed by atoms with Gasteiger partial charge >= 0.3 is 12.0 Å². The van der Waals surface area contributed by atoms with Crippen molar-refractivity contribution in [1.29, 1.82) is 0 Å². The number of carbonyl (C=O) groups is 2. The van der Waals surface area contributed by atoms with Crippen molar-refractivity contribution in [3.8, 4) is 0 Å². The van der Waals surface area contributed by atoms with Gasteiger partial charge in [0.2, 0.25) is 0 Å². The van der Waals surface area contributed by atoms with Gasteiger partial charge in [-0.1, -0.05) is 30.9 Å². The maximum Gasteiger partial charge on any atom is 0.357 e. The largest absolute Gasteiger partial charge is 0.464 e. The zero-order chi connectivity index (χ0) is 19.2. The fourth-order valence-corrected chi connectivity index (χ4v) is 4.10. The lowest BCUT2D eigenvalue weighted by Gasteiger charge is -2.33. The lowest BCUT2D eigenvalue weighted by Crippen LogP contribution is -2.43. The molecule has 0 bridgehead atoms. The number of benzene rings is 1. The monoisotopic (exact) mass is 407 g/mol. The number of rotatable bonds is 5. The van der Waals surface area contributed by atoms with Gasteiger partial charge in [0.05, 0.1) is 13.7 Å². The first-order valence-electron chi connectivity index (χ1n) is 8.92. The fraction of sp³-hybridized carbons (Fsp3) is 0.421. The molecule has 1 aromatic carbocycles. The summed E-state index contributed by atoms with van der Waals surface area (Å²) in [5.74, 6) is -0.465. The van der Waals surface area contributed by atoms with Gasteiger partial charge in [-0.3, -0.25) is 0 Å². The average molecular weight is 408 g/mol. The Morgan fingerprint density at radius 2 is 1.96 bits per heavy atom. The Kier molecular flexibility index (Phi) is 6.68. The fourth-order valence-electron chi connectivity index (χ4n) is 3.22. The minimum absolute atomic E-state index is 0.163. The van der Waals surface area contributed by atoms with Crippen LogP contribution in [0.25, 0.3) is 0 Å². The average Bonchev–Trinajstić information content (AvgIpc) is 3.16. The third-order valence-corrected chi connectivity index (χ3v) is 5.71. The third-order valence-electron chi connectivity index (χ3n) is 4.62. The summed E-state index contributed by atoms with van der Waals surface area (Å²) in [5, 5.41) is 5.94. The van der Waals surface area contributed by atoms with E-state index in [4.69, 9.17) is 16.3 Å². The highest BCUT2D eigenvalue weighted by Gasteiger charge is 2.27. The number of amides is 2. The molecular formula is C19H22ClN3O3S. The normalized spacial score (nSPS) is 14.6. The summed E-state index contributed by atoms with van der Waals surface area (Å²) in [6, 6.07) is 7.03. The van der Waals surface area contributed by atoms with Crippen molar-refractivity contribution in [1.82, 2.24) is 9.88 Å². The number of methoxy groups -OCH3 is 1. The van der Waals surface area contributed by atoms with Gasteiger partial charge < -0.3 is 15.0 Å². The highest BCUT2D eigenvalue weighted by molar-refractivity contribution is 7.09. The molecule has 3 rings (SSSR count). The van der Waals surface area contributed by atoms with Gasteiger partial charge in [-0.2, -0.15) is 0 Å². The summed E-state index contributed by atoms with van der Waals surface area (Å²) in [6.07, 6.45) is 5.38. The Hall–Kier alpha value is -2.12. The molecule has 1 N–H and O–H groups in total. The molecule has 0 radical (unpaired) electrons. The van der Waals surface area contributed by atoms with Gasteiger partial charge in [-0.15, -0.1) is 11.3 Å². The third kappa shape index (κ3) is 5.20. The number of esters is 1. The Bertz CT molecular complexity index is 788. The number of hydrogen-bond acceptors (Lipinski definition) is 5. The minimum Gasteiger partial charge on any atom is -0.464 e. The van der Waals surface area contributed by atoms with Crippen LogP contribution in [0.5, 0.6) is 0 Å². The highest BCUT2D eigenvalue weighted by atomic mass is 35.5. The molecule has 1 aliphatic carbocycles. The topological polar surface area (TPSA) is 71.5 Å². The highest BCUT2D eigenvalue weighted by Crippen LogP contribution is 2.26. The Morgan fingerprint density at radius 1 is 1.26 bits per heavy atom. The summed E-state index contributed by atoms with van der Waals surface area (Å²) in [4.78, 5) is 30.7. The molecule has 1 heterocycles. The van der Waals surface area contributed by atoms with Crippen LogP contribution in [-0.2, 0) is 11.3 Å². The summed E-state index contributed by atoms with van der Waals surface area (Å²) >= 11 is 7.27. The van der Waals surface area contributed by atoms with Crippen LogP contribution in [0.15, 0.2) is 29.6 Å². The zero-order valence-corrected chi connectivity index (χ0v) is 16.7. The molecule has 8 heteroatoms. The van der Waals surface area contributed by atoms with Crippen LogP contribution in [0.2, 0.25) is 5.02 Å². The van der Waals surface area contributed by atoms with Crippen LogP contribution in [0.3, 0.4) is 0 Å². The maximum absolute atomic E-state index is 13.0. The van der Waals surface area contributed by atoms with Crippen LogP contribution in [0, 0.1) is 0 Å². The van der Waals surface area contributed by atoms with Gasteiger partial charge in [0.25, 0.3) is 0 Å². The molecule has 1 saturated carbocycles. The van der Waals surface area contributed by atoms with E-state index in [2.05, 4.69) is 10.3 Å². The number of urea groups is 1. The van der Waals surface area contributed by atoms with Crippen molar-refractivity contribution >= 4 is 40.6 Å². The van der Waals surface area contributed by atoms with E-state index in [0.29, 0.717) is 22.3 Å². The van der Waals surface area contributed by atoms with Gasteiger partial charge in [0.15, 0.2) is 5.69 Å². The number of aromatic nitrogens is 1. The number of nitrogens with one attached hydrogen (secondary N) is 1. The van der Waals surface area contributed by atoms with E-state index in [1.165, 1.54) is 24.9 Å². The van der Waals surface area contributed by atoms with E-state index >= 15 is 0 Å². The molecule has 1 fully saturated rings. The van der Waals surface area contributed by atoms with Crippen LogP contribution >= 0.6 is 22.9 Å². The van der Waals surface area contributed by atoms with E-state index in [1.807, 2.05) is 4.90 Å². The summed E-state index contributed by atoms with van der Waals surface area (Å²) in [5.41, 5.74) is 0.971. The van der Waals surface area contributed by atoms with Crippen molar-refractivity contribution in [2.75, 3.05) is 12.4 Å². The number of thiazole rings is 1. The summed E-state index contributed by atoms with van der Waals surface area (Å²) < 4.78 is 4.71. The van der Waals surface area contributed by atoms with Crippen LogP contribution in [0.1, 0.15) is 47.6 Å². The number of halogens is 1. The number of hydrogen-bond donors (Lipinski definition) is 1. The molecule has 0 unspecified atom stereocenters. The molecule has 27 heavy (non-hydrogen) atoms. The van der Waals surface area contributed by atoms with Gasteiger partial charge in [0, 0.05) is 22.1 Å². The Morgan fingerprint density at radius 3 is 2.63 bits per heavy atom.